The zero-order chi connectivity index (χ0) is 16.4. The van der Waals surface area contributed by atoms with E-state index in [-0.39, 0.29) is 0 Å². The van der Waals surface area contributed by atoms with Crippen LogP contribution in [0.15, 0.2) is 30.3 Å². The highest BCUT2D eigenvalue weighted by Crippen LogP contribution is 2.28. The fourth-order valence-corrected chi connectivity index (χ4v) is 3.31. The van der Waals surface area contributed by atoms with Crippen molar-refractivity contribution in [1.82, 2.24) is 4.98 Å². The Morgan fingerprint density at radius 1 is 1.09 bits per heavy atom. The van der Waals surface area contributed by atoms with Crippen LogP contribution >= 0.6 is 11.6 Å². The summed E-state index contributed by atoms with van der Waals surface area (Å²) >= 11 is 6.29. The molecule has 0 unspecified atom stereocenters. The summed E-state index contributed by atoms with van der Waals surface area (Å²) in [6.07, 6.45) is 0. The molecule has 1 saturated heterocycles. The maximum atomic E-state index is 9.44. The number of pyridine rings is 1. The van der Waals surface area contributed by atoms with E-state index in [2.05, 4.69) is 20.9 Å². The Morgan fingerprint density at radius 2 is 1.74 bits per heavy atom. The molecule has 2 heterocycles. The van der Waals surface area contributed by atoms with Gasteiger partial charge in [0.15, 0.2) is 0 Å². The maximum absolute atomic E-state index is 9.44. The average Bonchev–Trinajstić information content (AvgIpc) is 2.55. The average molecular weight is 327 g/mol. The number of anilines is 2. The third kappa shape index (κ3) is 3.11. The van der Waals surface area contributed by atoms with E-state index in [0.717, 1.165) is 54.0 Å². The van der Waals surface area contributed by atoms with E-state index in [4.69, 9.17) is 11.6 Å². The van der Waals surface area contributed by atoms with Crippen molar-refractivity contribution in [3.05, 3.63) is 52.2 Å². The number of hydrogen-bond donors (Lipinski definition) is 0. The second-order valence-electron chi connectivity index (χ2n) is 5.82. The monoisotopic (exact) mass is 326 g/mol. The summed E-state index contributed by atoms with van der Waals surface area (Å²) < 4.78 is 0. The zero-order valence-electron chi connectivity index (χ0n) is 13.4. The van der Waals surface area contributed by atoms with Crippen LogP contribution in [-0.2, 0) is 0 Å². The largest absolute Gasteiger partial charge is 0.367 e. The number of benzene rings is 1. The fourth-order valence-electron chi connectivity index (χ4n) is 3.05. The molecule has 0 spiro atoms. The van der Waals surface area contributed by atoms with Gasteiger partial charge in [-0.3, -0.25) is 0 Å². The molecule has 0 aliphatic carbocycles. The van der Waals surface area contributed by atoms with Gasteiger partial charge in [0, 0.05) is 31.9 Å². The first-order valence-corrected chi connectivity index (χ1v) is 8.10. The van der Waals surface area contributed by atoms with Crippen LogP contribution in [0.3, 0.4) is 0 Å². The number of aryl methyl sites for hydroxylation is 2. The number of para-hydroxylation sites is 1. The van der Waals surface area contributed by atoms with Crippen LogP contribution in [0.1, 0.15) is 16.8 Å². The van der Waals surface area contributed by atoms with E-state index in [1.807, 2.05) is 44.2 Å². The second kappa shape index (κ2) is 6.47. The highest BCUT2D eigenvalue weighted by atomic mass is 35.5. The summed E-state index contributed by atoms with van der Waals surface area (Å²) in [6.45, 7) is 7.33. The van der Waals surface area contributed by atoms with Gasteiger partial charge < -0.3 is 9.80 Å². The first-order chi connectivity index (χ1) is 11.1. The van der Waals surface area contributed by atoms with E-state index in [1.165, 1.54) is 0 Å². The van der Waals surface area contributed by atoms with Gasteiger partial charge in [0.05, 0.1) is 16.3 Å². The highest BCUT2D eigenvalue weighted by Gasteiger charge is 2.22. The number of rotatable bonds is 2. The minimum atomic E-state index is 0.682. The van der Waals surface area contributed by atoms with Crippen molar-refractivity contribution < 1.29 is 0 Å². The molecule has 1 aromatic heterocycles. The van der Waals surface area contributed by atoms with Gasteiger partial charge >= 0.3 is 0 Å². The lowest BCUT2D eigenvalue weighted by Gasteiger charge is -2.37. The van der Waals surface area contributed by atoms with Crippen molar-refractivity contribution in [3.8, 4) is 6.07 Å². The molecule has 23 heavy (non-hydrogen) atoms. The second-order valence-corrected chi connectivity index (χ2v) is 6.22. The number of piperazine rings is 1. The Labute approximate surface area is 141 Å². The summed E-state index contributed by atoms with van der Waals surface area (Å²) in [5.74, 6) is 0.809. The smallest absolute Gasteiger partial charge is 0.147 e. The van der Waals surface area contributed by atoms with Crippen LogP contribution in [0.25, 0.3) is 0 Å². The van der Waals surface area contributed by atoms with Crippen LogP contribution in [0, 0.1) is 25.2 Å². The minimum Gasteiger partial charge on any atom is -0.367 e. The van der Waals surface area contributed by atoms with Gasteiger partial charge in [0.1, 0.15) is 11.9 Å². The molecule has 0 N–H and O–H groups in total. The summed E-state index contributed by atoms with van der Waals surface area (Å²) in [5, 5.41) is 10.2. The minimum absolute atomic E-state index is 0.682. The van der Waals surface area contributed by atoms with Crippen LogP contribution < -0.4 is 9.80 Å². The van der Waals surface area contributed by atoms with Gasteiger partial charge in [-0.05, 0) is 37.6 Å². The lowest BCUT2D eigenvalue weighted by Crippen LogP contribution is -2.47. The standard InChI is InChI=1S/C18H19ClN4/c1-13-11-14(2)21-18(15(13)12-20)23-9-7-22(8-10-23)17-6-4-3-5-16(17)19/h3-6,11H,7-10H2,1-2H3. The molecule has 1 aromatic carbocycles. The predicted octanol–water partition coefficient (Wildman–Crippen LogP) is 3.55. The molecule has 0 bridgehead atoms. The number of aromatic nitrogens is 1. The summed E-state index contributed by atoms with van der Waals surface area (Å²) in [6, 6.07) is 12.2. The van der Waals surface area contributed by atoms with Crippen LogP contribution in [0.5, 0.6) is 0 Å². The number of halogens is 1. The quantitative estimate of drug-likeness (QED) is 0.846. The Balaban J connectivity index is 1.80. The molecule has 118 valence electrons. The van der Waals surface area contributed by atoms with Crippen molar-refractivity contribution >= 4 is 23.1 Å². The maximum Gasteiger partial charge on any atom is 0.147 e. The molecule has 0 atom stereocenters. The van der Waals surface area contributed by atoms with Crippen LogP contribution in [-0.4, -0.2) is 31.2 Å². The first kappa shape index (κ1) is 15.6. The van der Waals surface area contributed by atoms with E-state index < -0.39 is 0 Å². The van der Waals surface area contributed by atoms with Gasteiger partial charge in [-0.15, -0.1) is 0 Å². The Hall–Kier alpha value is -2.25. The lowest BCUT2D eigenvalue weighted by atomic mass is 10.1. The highest BCUT2D eigenvalue weighted by molar-refractivity contribution is 6.33. The Bertz CT molecular complexity index is 758. The van der Waals surface area contributed by atoms with Gasteiger partial charge in [-0.1, -0.05) is 23.7 Å². The summed E-state index contributed by atoms with van der Waals surface area (Å²) in [4.78, 5) is 9.09. The molecule has 5 heteroatoms. The van der Waals surface area contributed by atoms with E-state index >= 15 is 0 Å². The zero-order valence-corrected chi connectivity index (χ0v) is 14.1. The molecule has 3 rings (SSSR count). The van der Waals surface area contributed by atoms with Crippen molar-refractivity contribution in [2.45, 2.75) is 13.8 Å². The molecular formula is C18H19ClN4. The number of hydrogen-bond acceptors (Lipinski definition) is 4. The molecule has 1 aliphatic rings. The molecule has 1 aliphatic heterocycles. The summed E-state index contributed by atoms with van der Waals surface area (Å²) in [5.41, 5.74) is 3.69. The molecule has 0 radical (unpaired) electrons. The van der Waals surface area contributed by atoms with Gasteiger partial charge in [0.2, 0.25) is 0 Å². The lowest BCUT2D eigenvalue weighted by molar-refractivity contribution is 0.646. The third-order valence-corrected chi connectivity index (χ3v) is 4.53. The first-order valence-electron chi connectivity index (χ1n) is 7.73. The van der Waals surface area contributed by atoms with Crippen LogP contribution in [0.4, 0.5) is 11.5 Å². The Morgan fingerprint density at radius 3 is 2.39 bits per heavy atom. The van der Waals surface area contributed by atoms with Crippen molar-refractivity contribution in [2.75, 3.05) is 36.0 Å². The van der Waals surface area contributed by atoms with E-state index in [9.17, 15) is 5.26 Å². The van der Waals surface area contributed by atoms with Gasteiger partial charge in [0.25, 0.3) is 0 Å². The number of nitrogens with zero attached hydrogens (tertiary/aromatic N) is 4. The number of nitriles is 1. The summed E-state index contributed by atoms with van der Waals surface area (Å²) in [7, 11) is 0. The van der Waals surface area contributed by atoms with Crippen molar-refractivity contribution in [2.24, 2.45) is 0 Å². The normalized spacial score (nSPS) is 14.7. The van der Waals surface area contributed by atoms with Crippen molar-refractivity contribution in [1.29, 1.82) is 5.26 Å². The van der Waals surface area contributed by atoms with Gasteiger partial charge in [-0.25, -0.2) is 4.98 Å². The molecule has 0 amide bonds. The molecule has 4 nitrogen and oxygen atoms in total. The Kier molecular flexibility index (Phi) is 4.40. The molecule has 0 saturated carbocycles. The van der Waals surface area contributed by atoms with E-state index in [1.54, 1.807) is 0 Å². The fraction of sp³-hybridized carbons (Fsp3) is 0.333. The third-order valence-electron chi connectivity index (χ3n) is 4.21. The molecular weight excluding hydrogens is 308 g/mol. The van der Waals surface area contributed by atoms with E-state index in [0.29, 0.717) is 5.56 Å². The van der Waals surface area contributed by atoms with Gasteiger partial charge in [-0.2, -0.15) is 5.26 Å². The molecule has 1 fully saturated rings. The van der Waals surface area contributed by atoms with Crippen molar-refractivity contribution in [3.63, 3.8) is 0 Å². The van der Waals surface area contributed by atoms with Crippen LogP contribution in [0.2, 0.25) is 5.02 Å². The topological polar surface area (TPSA) is 43.2 Å². The molecule has 2 aromatic rings. The SMILES string of the molecule is Cc1cc(C)c(C#N)c(N2CCN(c3ccccc3Cl)CC2)n1. The predicted molar refractivity (Wildman–Crippen MR) is 94.3 cm³/mol.